The zero-order valence-electron chi connectivity index (χ0n) is 11.1. The molecule has 0 spiro atoms. The predicted octanol–water partition coefficient (Wildman–Crippen LogP) is 2.66. The lowest BCUT2D eigenvalue weighted by Crippen LogP contribution is -2.28. The summed E-state index contributed by atoms with van der Waals surface area (Å²) in [4.78, 5) is 15.8. The summed E-state index contributed by atoms with van der Waals surface area (Å²) in [5.74, 6) is 0.284. The first-order valence-corrected chi connectivity index (χ1v) is 7.75. The van der Waals surface area contributed by atoms with Gasteiger partial charge in [0, 0.05) is 0 Å². The van der Waals surface area contributed by atoms with Crippen LogP contribution in [0.3, 0.4) is 0 Å². The topological polar surface area (TPSA) is 96.7 Å². The lowest BCUT2D eigenvalue weighted by Gasteiger charge is -2.14. The van der Waals surface area contributed by atoms with Gasteiger partial charge in [0.1, 0.15) is 0 Å². The lowest BCUT2D eigenvalue weighted by atomic mass is 10.1. The fourth-order valence-electron chi connectivity index (χ4n) is 1.60. The summed E-state index contributed by atoms with van der Waals surface area (Å²) in [5, 5.41) is 10.6. The minimum absolute atomic E-state index is 0.137. The van der Waals surface area contributed by atoms with E-state index in [0.717, 1.165) is 5.56 Å². The Morgan fingerprint density at radius 1 is 1.48 bits per heavy atom. The highest BCUT2D eigenvalue weighted by atomic mass is 35.5. The van der Waals surface area contributed by atoms with E-state index in [4.69, 9.17) is 28.9 Å². The van der Waals surface area contributed by atoms with Gasteiger partial charge < -0.3 is 11.1 Å². The minimum atomic E-state index is -0.176. The van der Waals surface area contributed by atoms with Gasteiger partial charge in [-0.05, 0) is 24.6 Å². The summed E-state index contributed by atoms with van der Waals surface area (Å²) < 4.78 is 0. The van der Waals surface area contributed by atoms with Crippen LogP contribution >= 0.6 is 35.0 Å². The molecule has 0 aliphatic heterocycles. The molecular formula is C12H13Cl2N5OS. The molecule has 0 saturated heterocycles. The number of aromatic amines is 1. The van der Waals surface area contributed by atoms with E-state index in [-0.39, 0.29) is 23.7 Å². The molecule has 0 aliphatic carbocycles. The van der Waals surface area contributed by atoms with Crippen LogP contribution in [0, 0.1) is 0 Å². The smallest absolute Gasteiger partial charge is 0.230 e. The van der Waals surface area contributed by atoms with Gasteiger partial charge in [-0.3, -0.25) is 4.79 Å². The Balaban J connectivity index is 1.88. The molecule has 0 unspecified atom stereocenters. The number of nitrogens with zero attached hydrogens (tertiary/aromatic N) is 2. The van der Waals surface area contributed by atoms with Crippen LogP contribution in [0.2, 0.25) is 10.0 Å². The molecule has 0 aliphatic rings. The summed E-state index contributed by atoms with van der Waals surface area (Å²) in [7, 11) is 0. The second kappa shape index (κ2) is 7.02. The number of nitrogens with one attached hydrogen (secondary N) is 2. The summed E-state index contributed by atoms with van der Waals surface area (Å²) in [6.07, 6.45) is 0. The number of thioether (sulfide) groups is 1. The number of halogens is 2. The molecule has 2 rings (SSSR count). The van der Waals surface area contributed by atoms with Gasteiger partial charge in [-0.1, -0.05) is 41.0 Å². The maximum Gasteiger partial charge on any atom is 0.230 e. The first kappa shape index (κ1) is 15.9. The fourth-order valence-corrected chi connectivity index (χ4v) is 2.52. The zero-order valence-corrected chi connectivity index (χ0v) is 13.4. The molecule has 4 N–H and O–H groups in total. The van der Waals surface area contributed by atoms with Crippen LogP contribution in [0.15, 0.2) is 23.4 Å². The molecule has 112 valence electrons. The standard InChI is InChI=1S/C12H13Cl2N5OS/c1-6(7-2-3-8(13)9(14)4-7)16-10(20)5-21-12-17-11(15)18-19-12/h2-4,6H,5H2,1H3,(H,16,20)(H3,15,17,18,19)/t6-/m0/s1. The number of carbonyl (C=O) groups excluding carboxylic acids is 1. The average Bonchev–Trinajstić information content (AvgIpc) is 2.85. The Morgan fingerprint density at radius 2 is 2.24 bits per heavy atom. The molecule has 1 amide bonds. The van der Waals surface area contributed by atoms with E-state index in [0.29, 0.717) is 15.2 Å². The van der Waals surface area contributed by atoms with E-state index >= 15 is 0 Å². The number of benzene rings is 1. The largest absolute Gasteiger partial charge is 0.368 e. The molecule has 0 radical (unpaired) electrons. The molecule has 21 heavy (non-hydrogen) atoms. The van der Waals surface area contributed by atoms with Crippen molar-refractivity contribution in [1.82, 2.24) is 20.5 Å². The number of hydrogen-bond donors (Lipinski definition) is 3. The second-order valence-corrected chi connectivity index (χ2v) is 6.01. The summed E-state index contributed by atoms with van der Waals surface area (Å²) >= 11 is 13.0. The molecular weight excluding hydrogens is 333 g/mol. The van der Waals surface area contributed by atoms with Crippen molar-refractivity contribution in [3.05, 3.63) is 33.8 Å². The van der Waals surface area contributed by atoms with E-state index in [1.54, 1.807) is 12.1 Å². The van der Waals surface area contributed by atoms with Crippen molar-refractivity contribution in [3.8, 4) is 0 Å². The molecule has 2 aromatic rings. The number of carbonyl (C=O) groups is 1. The normalized spacial score (nSPS) is 12.1. The molecule has 1 aromatic carbocycles. The predicted molar refractivity (Wildman–Crippen MR) is 84.5 cm³/mol. The fraction of sp³-hybridized carbons (Fsp3) is 0.250. The number of H-pyrrole nitrogens is 1. The van der Waals surface area contributed by atoms with Crippen molar-refractivity contribution in [1.29, 1.82) is 0 Å². The highest BCUT2D eigenvalue weighted by Crippen LogP contribution is 2.25. The first-order chi connectivity index (χ1) is 9.95. The Morgan fingerprint density at radius 3 is 2.86 bits per heavy atom. The molecule has 1 atom stereocenters. The minimum Gasteiger partial charge on any atom is -0.368 e. The Kier molecular flexibility index (Phi) is 5.33. The molecule has 0 fully saturated rings. The quantitative estimate of drug-likeness (QED) is 0.723. The van der Waals surface area contributed by atoms with Crippen LogP contribution in [-0.4, -0.2) is 26.8 Å². The zero-order chi connectivity index (χ0) is 15.4. The molecule has 6 nitrogen and oxygen atoms in total. The maximum absolute atomic E-state index is 11.9. The maximum atomic E-state index is 11.9. The molecule has 9 heteroatoms. The lowest BCUT2D eigenvalue weighted by molar-refractivity contribution is -0.119. The number of amides is 1. The van der Waals surface area contributed by atoms with Gasteiger partial charge in [0.15, 0.2) is 0 Å². The Labute approximate surface area is 135 Å². The van der Waals surface area contributed by atoms with Crippen molar-refractivity contribution in [3.63, 3.8) is 0 Å². The number of hydrogen-bond acceptors (Lipinski definition) is 5. The third-order valence-electron chi connectivity index (χ3n) is 2.64. The third kappa shape index (κ3) is 4.52. The first-order valence-electron chi connectivity index (χ1n) is 6.00. The average molecular weight is 346 g/mol. The summed E-state index contributed by atoms with van der Waals surface area (Å²) in [5.41, 5.74) is 6.28. The monoisotopic (exact) mass is 345 g/mol. The van der Waals surface area contributed by atoms with E-state index in [2.05, 4.69) is 20.5 Å². The molecule has 1 aromatic heterocycles. The van der Waals surface area contributed by atoms with Crippen LogP contribution in [-0.2, 0) is 4.79 Å². The van der Waals surface area contributed by atoms with Gasteiger partial charge in [-0.25, -0.2) is 5.10 Å². The van der Waals surface area contributed by atoms with E-state index in [9.17, 15) is 4.79 Å². The van der Waals surface area contributed by atoms with Crippen LogP contribution < -0.4 is 11.1 Å². The van der Waals surface area contributed by atoms with E-state index < -0.39 is 0 Å². The molecule has 0 saturated carbocycles. The van der Waals surface area contributed by atoms with Gasteiger partial charge in [-0.2, -0.15) is 4.98 Å². The highest BCUT2D eigenvalue weighted by Gasteiger charge is 2.12. The molecule has 1 heterocycles. The van der Waals surface area contributed by atoms with Crippen molar-refractivity contribution in [2.75, 3.05) is 11.5 Å². The Bertz CT molecular complexity index is 648. The van der Waals surface area contributed by atoms with Crippen molar-refractivity contribution >= 4 is 46.8 Å². The number of nitrogen functional groups attached to an aromatic ring is 1. The van der Waals surface area contributed by atoms with Gasteiger partial charge >= 0.3 is 0 Å². The van der Waals surface area contributed by atoms with Crippen molar-refractivity contribution in [2.45, 2.75) is 18.1 Å². The molecule has 0 bridgehead atoms. The second-order valence-electron chi connectivity index (χ2n) is 4.25. The van der Waals surface area contributed by atoms with E-state index in [1.165, 1.54) is 11.8 Å². The van der Waals surface area contributed by atoms with Crippen molar-refractivity contribution in [2.24, 2.45) is 0 Å². The van der Waals surface area contributed by atoms with Crippen LogP contribution in [0.1, 0.15) is 18.5 Å². The van der Waals surface area contributed by atoms with Crippen LogP contribution in [0.5, 0.6) is 0 Å². The number of nitrogens with two attached hydrogens (primary N) is 1. The van der Waals surface area contributed by atoms with Gasteiger partial charge in [0.05, 0.1) is 21.8 Å². The van der Waals surface area contributed by atoms with E-state index in [1.807, 2.05) is 13.0 Å². The Hall–Kier alpha value is -1.44. The SMILES string of the molecule is C[C@H](NC(=O)CSc1n[nH]c(N)n1)c1ccc(Cl)c(Cl)c1. The van der Waals surface area contributed by atoms with Crippen LogP contribution in [0.4, 0.5) is 5.95 Å². The highest BCUT2D eigenvalue weighted by molar-refractivity contribution is 7.99. The number of anilines is 1. The van der Waals surface area contributed by atoms with Crippen LogP contribution in [0.25, 0.3) is 0 Å². The summed E-state index contributed by atoms with van der Waals surface area (Å²) in [6, 6.07) is 5.08. The van der Waals surface area contributed by atoms with Gasteiger partial charge in [-0.15, -0.1) is 5.10 Å². The summed E-state index contributed by atoms with van der Waals surface area (Å²) in [6.45, 7) is 1.87. The van der Waals surface area contributed by atoms with Crippen molar-refractivity contribution < 1.29 is 4.79 Å². The van der Waals surface area contributed by atoms with Gasteiger partial charge in [0.25, 0.3) is 0 Å². The van der Waals surface area contributed by atoms with Gasteiger partial charge in [0.2, 0.25) is 17.0 Å². The third-order valence-corrected chi connectivity index (χ3v) is 4.22. The number of rotatable bonds is 5. The number of aromatic nitrogens is 3.